The Balaban J connectivity index is 1.70. The minimum Gasteiger partial charge on any atom is -0.492 e. The van der Waals surface area contributed by atoms with E-state index in [-0.39, 0.29) is 11.7 Å². The molecule has 4 nitrogen and oxygen atoms in total. The van der Waals surface area contributed by atoms with Gasteiger partial charge in [0, 0.05) is 11.3 Å². The third-order valence-corrected chi connectivity index (χ3v) is 4.77. The molecule has 25 heavy (non-hydrogen) atoms. The van der Waals surface area contributed by atoms with Gasteiger partial charge in [-0.25, -0.2) is 0 Å². The number of hydrogen-bond acceptors (Lipinski definition) is 5. The van der Waals surface area contributed by atoms with E-state index < -0.39 is 0 Å². The lowest BCUT2D eigenvalue weighted by molar-refractivity contribution is -0.109. The average Bonchev–Trinajstić information content (AvgIpc) is 2.97. The first kappa shape index (κ1) is 15.4. The lowest BCUT2D eigenvalue weighted by Gasteiger charge is -2.12. The fourth-order valence-electron chi connectivity index (χ4n) is 2.67. The van der Waals surface area contributed by atoms with E-state index in [1.165, 1.54) is 11.3 Å². The highest BCUT2D eigenvalue weighted by Crippen LogP contribution is 2.35. The first-order valence-electron chi connectivity index (χ1n) is 7.76. The topological polar surface area (TPSA) is 62.2 Å². The number of benzene rings is 2. The predicted molar refractivity (Wildman–Crippen MR) is 102 cm³/mol. The lowest BCUT2D eigenvalue weighted by Crippen LogP contribution is -2.04. The Bertz CT molecular complexity index is 1000. The predicted octanol–water partition coefficient (Wildman–Crippen LogP) is 4.73. The summed E-state index contributed by atoms with van der Waals surface area (Å²) in [6.45, 7) is 0. The van der Waals surface area contributed by atoms with Gasteiger partial charge in [-0.15, -0.1) is 0 Å². The zero-order valence-corrected chi connectivity index (χ0v) is 14.0. The number of thiazole rings is 1. The molecule has 122 valence electrons. The van der Waals surface area contributed by atoms with Crippen LogP contribution in [0.2, 0.25) is 0 Å². The largest absolute Gasteiger partial charge is 0.492 e. The number of carbonyl (C=O) groups excluding carboxylic acids is 1. The number of aromatic hydroxyl groups is 1. The van der Waals surface area contributed by atoms with Crippen LogP contribution in [0.4, 0.5) is 10.8 Å². The zero-order chi connectivity index (χ0) is 17.2. The maximum atomic E-state index is 12.3. The highest BCUT2D eigenvalue weighted by molar-refractivity contribution is 7.16. The fourth-order valence-corrected chi connectivity index (χ4v) is 3.49. The van der Waals surface area contributed by atoms with E-state index in [4.69, 9.17) is 0 Å². The van der Waals surface area contributed by atoms with Crippen molar-refractivity contribution in [2.75, 3.05) is 5.32 Å². The van der Waals surface area contributed by atoms with Gasteiger partial charge in [0.2, 0.25) is 5.88 Å². The average molecular weight is 346 g/mol. The van der Waals surface area contributed by atoms with Crippen LogP contribution in [0, 0.1) is 0 Å². The van der Waals surface area contributed by atoms with Crippen LogP contribution in [-0.4, -0.2) is 15.9 Å². The van der Waals surface area contributed by atoms with Gasteiger partial charge in [0.15, 0.2) is 10.9 Å². The number of nitrogens with zero attached hydrogens (tertiary/aromatic N) is 1. The summed E-state index contributed by atoms with van der Waals surface area (Å²) in [5, 5.41) is 13.9. The second kappa shape index (κ2) is 6.37. The molecule has 0 spiro atoms. The van der Waals surface area contributed by atoms with Crippen molar-refractivity contribution in [1.29, 1.82) is 0 Å². The maximum absolute atomic E-state index is 12.3. The van der Waals surface area contributed by atoms with Crippen molar-refractivity contribution in [2.24, 2.45) is 0 Å². The minimum absolute atomic E-state index is 0.0796. The van der Waals surface area contributed by atoms with Crippen LogP contribution in [0.15, 0.2) is 60.7 Å². The monoisotopic (exact) mass is 346 g/mol. The van der Waals surface area contributed by atoms with Gasteiger partial charge < -0.3 is 10.4 Å². The first-order valence-corrected chi connectivity index (χ1v) is 8.58. The summed E-state index contributed by atoms with van der Waals surface area (Å²) < 4.78 is 0. The molecule has 2 aromatic carbocycles. The van der Waals surface area contributed by atoms with Gasteiger partial charge >= 0.3 is 0 Å². The van der Waals surface area contributed by atoms with Crippen molar-refractivity contribution in [1.82, 2.24) is 4.98 Å². The highest BCUT2D eigenvalue weighted by Gasteiger charge is 2.18. The molecule has 0 aliphatic heterocycles. The Labute approximate surface area is 148 Å². The Morgan fingerprint density at radius 2 is 1.76 bits per heavy atom. The number of hydrogen-bond donors (Lipinski definition) is 2. The summed E-state index contributed by atoms with van der Waals surface area (Å²) in [6.07, 6.45) is 5.06. The van der Waals surface area contributed by atoms with Crippen LogP contribution in [0.25, 0.3) is 17.7 Å². The van der Waals surface area contributed by atoms with Crippen molar-refractivity contribution in [3.05, 3.63) is 76.7 Å². The molecule has 1 aromatic heterocycles. The summed E-state index contributed by atoms with van der Waals surface area (Å²) in [7, 11) is 0. The molecule has 5 heteroatoms. The van der Waals surface area contributed by atoms with Crippen LogP contribution >= 0.6 is 11.3 Å². The molecule has 3 aromatic rings. The second-order valence-corrected chi connectivity index (χ2v) is 6.57. The number of fused-ring (bicyclic) bond motifs is 1. The SMILES string of the molecule is O=C1C=Cc2ccccc2/C1=C\c1sc(Nc2ccccc2)nc1O. The van der Waals surface area contributed by atoms with Crippen molar-refractivity contribution in [3.63, 3.8) is 0 Å². The van der Waals surface area contributed by atoms with Crippen LogP contribution in [-0.2, 0) is 4.79 Å². The summed E-state index contributed by atoms with van der Waals surface area (Å²) in [6, 6.07) is 17.3. The van der Waals surface area contributed by atoms with Gasteiger partial charge in [-0.2, -0.15) is 4.98 Å². The maximum Gasteiger partial charge on any atom is 0.231 e. The van der Waals surface area contributed by atoms with Gasteiger partial charge in [0.05, 0.1) is 4.88 Å². The molecular weight excluding hydrogens is 332 g/mol. The molecule has 0 bridgehead atoms. The Morgan fingerprint density at radius 1 is 1.00 bits per heavy atom. The number of carbonyl (C=O) groups is 1. The van der Waals surface area contributed by atoms with Gasteiger partial charge in [0.1, 0.15) is 0 Å². The number of nitrogens with one attached hydrogen (secondary N) is 1. The Morgan fingerprint density at radius 3 is 2.60 bits per heavy atom. The quantitative estimate of drug-likeness (QED) is 0.673. The Kier molecular flexibility index (Phi) is 3.91. The molecule has 2 N–H and O–H groups in total. The van der Waals surface area contributed by atoms with Crippen LogP contribution in [0.3, 0.4) is 0 Å². The molecular formula is C20H14N2O2S. The number of anilines is 2. The number of allylic oxidation sites excluding steroid dienone is 2. The second-order valence-electron chi connectivity index (χ2n) is 5.54. The number of para-hydroxylation sites is 1. The Hall–Kier alpha value is -3.18. The summed E-state index contributed by atoms with van der Waals surface area (Å²) in [5.74, 6) is -0.167. The molecule has 0 saturated heterocycles. The van der Waals surface area contributed by atoms with Crippen molar-refractivity contribution >= 4 is 45.7 Å². The lowest BCUT2D eigenvalue weighted by atomic mass is 9.91. The molecule has 0 radical (unpaired) electrons. The third-order valence-electron chi connectivity index (χ3n) is 3.87. The van der Waals surface area contributed by atoms with E-state index in [1.54, 1.807) is 12.2 Å². The summed E-state index contributed by atoms with van der Waals surface area (Å²) in [4.78, 5) is 17.0. The summed E-state index contributed by atoms with van der Waals surface area (Å²) in [5.41, 5.74) is 3.29. The normalized spacial score (nSPS) is 14.6. The van der Waals surface area contributed by atoms with E-state index >= 15 is 0 Å². The van der Waals surface area contributed by atoms with Crippen molar-refractivity contribution in [3.8, 4) is 5.88 Å². The number of ketones is 1. The fraction of sp³-hybridized carbons (Fsp3) is 0. The zero-order valence-electron chi connectivity index (χ0n) is 13.1. The van der Waals surface area contributed by atoms with Gasteiger partial charge in [-0.3, -0.25) is 4.79 Å². The number of rotatable bonds is 3. The van der Waals surface area contributed by atoms with E-state index in [0.29, 0.717) is 15.6 Å². The molecule has 0 atom stereocenters. The minimum atomic E-state index is -0.0873. The molecule has 4 rings (SSSR count). The van der Waals surface area contributed by atoms with Crippen molar-refractivity contribution in [2.45, 2.75) is 0 Å². The highest BCUT2D eigenvalue weighted by atomic mass is 32.1. The molecule has 1 aliphatic rings. The standard InChI is InChI=1S/C20H14N2O2S/c23-17-11-10-13-6-4-5-9-15(13)16(17)12-18-19(24)22-20(25-18)21-14-7-2-1-3-8-14/h1-12,24H,(H,21,22)/b16-12+. The van der Waals surface area contributed by atoms with E-state index in [0.717, 1.165) is 16.8 Å². The van der Waals surface area contributed by atoms with Crippen LogP contribution < -0.4 is 5.32 Å². The van der Waals surface area contributed by atoms with E-state index in [9.17, 15) is 9.90 Å². The van der Waals surface area contributed by atoms with E-state index in [1.807, 2.05) is 60.7 Å². The van der Waals surface area contributed by atoms with Gasteiger partial charge in [-0.1, -0.05) is 59.9 Å². The number of aromatic nitrogens is 1. The summed E-state index contributed by atoms with van der Waals surface area (Å²) >= 11 is 1.30. The molecule has 0 amide bonds. The molecule has 0 unspecified atom stereocenters. The van der Waals surface area contributed by atoms with Crippen molar-refractivity contribution < 1.29 is 9.90 Å². The van der Waals surface area contributed by atoms with Crippen LogP contribution in [0.5, 0.6) is 5.88 Å². The van der Waals surface area contributed by atoms with Gasteiger partial charge in [-0.05, 0) is 35.4 Å². The molecule has 1 heterocycles. The molecule has 0 saturated carbocycles. The van der Waals surface area contributed by atoms with Gasteiger partial charge in [0.25, 0.3) is 0 Å². The molecule has 1 aliphatic carbocycles. The van der Waals surface area contributed by atoms with E-state index in [2.05, 4.69) is 10.3 Å². The smallest absolute Gasteiger partial charge is 0.231 e. The van der Waals surface area contributed by atoms with Crippen LogP contribution in [0.1, 0.15) is 16.0 Å². The third kappa shape index (κ3) is 3.09. The first-order chi connectivity index (χ1) is 12.2. The molecule has 0 fully saturated rings.